The van der Waals surface area contributed by atoms with Gasteiger partial charge in [-0.25, -0.2) is 4.98 Å². The van der Waals surface area contributed by atoms with Crippen LogP contribution in [0.3, 0.4) is 0 Å². The molecule has 0 bridgehead atoms. The molecule has 5 heteroatoms. The van der Waals surface area contributed by atoms with Gasteiger partial charge in [0.2, 0.25) is 5.89 Å². The van der Waals surface area contributed by atoms with Crippen molar-refractivity contribution < 1.29 is 9.21 Å². The molecule has 0 atom stereocenters. The van der Waals surface area contributed by atoms with Crippen molar-refractivity contribution in [2.45, 2.75) is 20.4 Å². The van der Waals surface area contributed by atoms with Gasteiger partial charge in [0.25, 0.3) is 5.91 Å². The Hall–Kier alpha value is -1.62. The molecule has 2 rings (SSSR count). The standard InChI is InChI=1S/C11H12N2O2S/c1-7-5-8(2)16-10(7)11(14)13-6-9-12-3-4-15-9/h3-5H,6H2,1-2H3,(H,13,14). The van der Waals surface area contributed by atoms with Crippen LogP contribution in [0.5, 0.6) is 0 Å². The molecule has 0 radical (unpaired) electrons. The van der Waals surface area contributed by atoms with Gasteiger partial charge in [-0.3, -0.25) is 4.79 Å². The van der Waals surface area contributed by atoms with Crippen molar-refractivity contribution in [3.8, 4) is 0 Å². The molecule has 2 heterocycles. The number of aryl methyl sites for hydroxylation is 2. The van der Waals surface area contributed by atoms with Crippen LogP contribution in [-0.4, -0.2) is 10.9 Å². The minimum atomic E-state index is -0.0752. The molecule has 0 spiro atoms. The Kier molecular flexibility index (Phi) is 3.05. The molecule has 0 aliphatic heterocycles. The number of oxazole rings is 1. The minimum Gasteiger partial charge on any atom is -0.447 e. The fraction of sp³-hybridized carbons (Fsp3) is 0.273. The number of hydrogen-bond acceptors (Lipinski definition) is 4. The van der Waals surface area contributed by atoms with Crippen molar-refractivity contribution in [3.05, 3.63) is 39.7 Å². The predicted octanol–water partition coefficient (Wildman–Crippen LogP) is 2.28. The van der Waals surface area contributed by atoms with Gasteiger partial charge in [0.1, 0.15) is 6.26 Å². The molecule has 2 aromatic rings. The van der Waals surface area contributed by atoms with Gasteiger partial charge in [-0.2, -0.15) is 0 Å². The molecule has 0 aliphatic rings. The molecule has 0 saturated carbocycles. The van der Waals surface area contributed by atoms with E-state index in [0.717, 1.165) is 15.3 Å². The third kappa shape index (κ3) is 2.30. The zero-order chi connectivity index (χ0) is 11.5. The third-order valence-corrected chi connectivity index (χ3v) is 3.28. The van der Waals surface area contributed by atoms with Crippen molar-refractivity contribution in [3.63, 3.8) is 0 Å². The zero-order valence-corrected chi connectivity index (χ0v) is 9.93. The van der Waals surface area contributed by atoms with E-state index >= 15 is 0 Å². The zero-order valence-electron chi connectivity index (χ0n) is 9.11. The smallest absolute Gasteiger partial charge is 0.262 e. The second-order valence-corrected chi connectivity index (χ2v) is 4.73. The highest BCUT2D eigenvalue weighted by molar-refractivity contribution is 7.14. The van der Waals surface area contributed by atoms with Gasteiger partial charge in [0.05, 0.1) is 17.6 Å². The fourth-order valence-electron chi connectivity index (χ4n) is 1.44. The molecular weight excluding hydrogens is 224 g/mol. The second kappa shape index (κ2) is 4.49. The first-order chi connectivity index (χ1) is 7.66. The summed E-state index contributed by atoms with van der Waals surface area (Å²) in [7, 11) is 0. The Labute approximate surface area is 97.3 Å². The first-order valence-electron chi connectivity index (χ1n) is 4.90. The van der Waals surface area contributed by atoms with Crippen LogP contribution in [0.1, 0.15) is 26.0 Å². The molecule has 84 valence electrons. The molecule has 0 aromatic carbocycles. The molecule has 0 fully saturated rings. The molecule has 2 aromatic heterocycles. The lowest BCUT2D eigenvalue weighted by Crippen LogP contribution is -2.22. The van der Waals surface area contributed by atoms with Gasteiger partial charge < -0.3 is 9.73 Å². The summed E-state index contributed by atoms with van der Waals surface area (Å²) in [6.45, 7) is 4.24. The maximum Gasteiger partial charge on any atom is 0.262 e. The highest BCUT2D eigenvalue weighted by Gasteiger charge is 2.12. The van der Waals surface area contributed by atoms with Crippen molar-refractivity contribution in [1.82, 2.24) is 10.3 Å². The molecule has 0 unspecified atom stereocenters. The Morgan fingerprint density at radius 1 is 1.56 bits per heavy atom. The number of carbonyl (C=O) groups is 1. The maximum absolute atomic E-state index is 11.8. The van der Waals surface area contributed by atoms with E-state index < -0.39 is 0 Å². The minimum absolute atomic E-state index is 0.0752. The van der Waals surface area contributed by atoms with Crippen LogP contribution in [0.15, 0.2) is 22.9 Å². The van der Waals surface area contributed by atoms with Crippen molar-refractivity contribution in [2.75, 3.05) is 0 Å². The number of thiophene rings is 1. The normalized spacial score (nSPS) is 10.4. The van der Waals surface area contributed by atoms with Crippen LogP contribution >= 0.6 is 11.3 Å². The predicted molar refractivity (Wildman–Crippen MR) is 61.5 cm³/mol. The average molecular weight is 236 g/mol. The van der Waals surface area contributed by atoms with E-state index in [1.807, 2.05) is 19.9 Å². The van der Waals surface area contributed by atoms with E-state index in [2.05, 4.69) is 10.3 Å². The summed E-state index contributed by atoms with van der Waals surface area (Å²) >= 11 is 1.50. The van der Waals surface area contributed by atoms with E-state index in [9.17, 15) is 4.79 Å². The molecule has 0 saturated heterocycles. The lowest BCUT2D eigenvalue weighted by Gasteiger charge is -2.00. The summed E-state index contributed by atoms with van der Waals surface area (Å²) in [4.78, 5) is 17.6. The van der Waals surface area contributed by atoms with E-state index in [-0.39, 0.29) is 5.91 Å². The molecule has 1 N–H and O–H groups in total. The summed E-state index contributed by atoms with van der Waals surface area (Å²) in [5, 5.41) is 2.77. The highest BCUT2D eigenvalue weighted by Crippen LogP contribution is 2.20. The van der Waals surface area contributed by atoms with E-state index in [1.165, 1.54) is 17.6 Å². The van der Waals surface area contributed by atoms with Crippen LogP contribution in [0, 0.1) is 13.8 Å². The van der Waals surface area contributed by atoms with Crippen LogP contribution in [0.2, 0.25) is 0 Å². The Morgan fingerprint density at radius 2 is 2.38 bits per heavy atom. The molecule has 0 aliphatic carbocycles. The Morgan fingerprint density at radius 3 is 2.94 bits per heavy atom. The number of hydrogen-bond donors (Lipinski definition) is 1. The number of amides is 1. The van der Waals surface area contributed by atoms with Gasteiger partial charge in [-0.05, 0) is 25.5 Å². The number of carbonyl (C=O) groups excluding carboxylic acids is 1. The van der Waals surface area contributed by atoms with E-state index in [1.54, 1.807) is 6.20 Å². The van der Waals surface area contributed by atoms with Gasteiger partial charge in [-0.1, -0.05) is 0 Å². The number of nitrogens with one attached hydrogen (secondary N) is 1. The quantitative estimate of drug-likeness (QED) is 0.889. The van der Waals surface area contributed by atoms with Crippen LogP contribution < -0.4 is 5.32 Å². The Bertz CT molecular complexity index is 488. The average Bonchev–Trinajstić information content (AvgIpc) is 2.84. The first kappa shape index (κ1) is 10.9. The summed E-state index contributed by atoms with van der Waals surface area (Å²) in [6.07, 6.45) is 3.05. The molecule has 1 amide bonds. The number of nitrogens with zero attached hydrogens (tertiary/aromatic N) is 1. The van der Waals surface area contributed by atoms with E-state index in [4.69, 9.17) is 4.42 Å². The van der Waals surface area contributed by atoms with Crippen molar-refractivity contribution in [2.24, 2.45) is 0 Å². The molecule has 16 heavy (non-hydrogen) atoms. The summed E-state index contributed by atoms with van der Waals surface area (Å²) in [5.41, 5.74) is 1.01. The second-order valence-electron chi connectivity index (χ2n) is 3.48. The number of aromatic nitrogens is 1. The van der Waals surface area contributed by atoms with Gasteiger partial charge >= 0.3 is 0 Å². The van der Waals surface area contributed by atoms with Gasteiger partial charge in [0, 0.05) is 4.88 Å². The summed E-state index contributed by atoms with van der Waals surface area (Å²) in [6, 6.07) is 2.00. The summed E-state index contributed by atoms with van der Waals surface area (Å²) < 4.78 is 5.03. The first-order valence-corrected chi connectivity index (χ1v) is 5.72. The van der Waals surface area contributed by atoms with Gasteiger partial charge in [-0.15, -0.1) is 11.3 Å². The van der Waals surface area contributed by atoms with Crippen molar-refractivity contribution in [1.29, 1.82) is 0 Å². The molecule has 4 nitrogen and oxygen atoms in total. The van der Waals surface area contributed by atoms with Crippen molar-refractivity contribution >= 4 is 17.2 Å². The van der Waals surface area contributed by atoms with Crippen LogP contribution in [0.4, 0.5) is 0 Å². The number of rotatable bonds is 3. The lowest BCUT2D eigenvalue weighted by atomic mass is 10.2. The maximum atomic E-state index is 11.8. The summed E-state index contributed by atoms with van der Waals surface area (Å²) in [5.74, 6) is 0.438. The van der Waals surface area contributed by atoms with Gasteiger partial charge in [0.15, 0.2) is 0 Å². The molecular formula is C11H12N2O2S. The van der Waals surface area contributed by atoms with Crippen LogP contribution in [-0.2, 0) is 6.54 Å². The largest absolute Gasteiger partial charge is 0.447 e. The fourth-order valence-corrected chi connectivity index (χ4v) is 2.39. The Balaban J connectivity index is 2.01. The van der Waals surface area contributed by atoms with E-state index in [0.29, 0.717) is 12.4 Å². The highest BCUT2D eigenvalue weighted by atomic mass is 32.1. The third-order valence-electron chi connectivity index (χ3n) is 2.13. The topological polar surface area (TPSA) is 55.1 Å². The SMILES string of the molecule is Cc1cc(C)c(C(=O)NCc2ncco2)s1. The van der Waals surface area contributed by atoms with Crippen LogP contribution in [0.25, 0.3) is 0 Å². The monoisotopic (exact) mass is 236 g/mol. The lowest BCUT2D eigenvalue weighted by molar-refractivity contribution is 0.0951.